The summed E-state index contributed by atoms with van der Waals surface area (Å²) in [4.78, 5) is 32.0. The predicted molar refractivity (Wildman–Crippen MR) is 167 cm³/mol. The number of carbonyl (C=O) groups is 1. The second-order valence-electron chi connectivity index (χ2n) is 9.85. The smallest absolute Gasteiger partial charge is 0.338 e. The lowest BCUT2D eigenvalue weighted by Crippen LogP contribution is -2.39. The molecule has 1 aromatic heterocycles. The van der Waals surface area contributed by atoms with Crippen LogP contribution in [-0.2, 0) is 16.1 Å². The van der Waals surface area contributed by atoms with Crippen LogP contribution in [0.4, 0.5) is 0 Å². The van der Waals surface area contributed by atoms with Crippen molar-refractivity contribution in [2.45, 2.75) is 26.5 Å². The van der Waals surface area contributed by atoms with E-state index >= 15 is 0 Å². The molecule has 8 heteroatoms. The first-order valence-electron chi connectivity index (χ1n) is 13.6. The standard InChI is InChI=1S/C34H27ClN2O4S/c1-3-40-33(39)30-21(2)36-34-37(31(30)24-13-15-26(35)16-14-24)32(38)29(42-34)19-22-11-17-27(18-12-22)41-20-25-9-6-8-23-7-4-5-10-28(23)25/h4-19,31H,3,20H2,1-2H3/b29-19-. The Hall–Kier alpha value is -4.46. The minimum absolute atomic E-state index is 0.217. The highest BCUT2D eigenvalue weighted by Crippen LogP contribution is 2.31. The zero-order valence-electron chi connectivity index (χ0n) is 23.0. The van der Waals surface area contributed by atoms with E-state index in [4.69, 9.17) is 21.1 Å². The number of benzene rings is 4. The van der Waals surface area contributed by atoms with Crippen LogP contribution in [0.1, 0.15) is 36.6 Å². The first-order valence-corrected chi connectivity index (χ1v) is 14.8. The van der Waals surface area contributed by atoms with Gasteiger partial charge < -0.3 is 9.47 Å². The molecule has 6 rings (SSSR count). The molecule has 0 spiro atoms. The van der Waals surface area contributed by atoms with E-state index in [1.54, 1.807) is 30.5 Å². The summed E-state index contributed by atoms with van der Waals surface area (Å²) in [6, 6.07) is 28.5. The zero-order valence-corrected chi connectivity index (χ0v) is 24.6. The van der Waals surface area contributed by atoms with Crippen LogP contribution in [0.25, 0.3) is 16.8 Å². The fourth-order valence-corrected chi connectivity index (χ4v) is 6.32. The van der Waals surface area contributed by atoms with Gasteiger partial charge in [0, 0.05) is 5.02 Å². The van der Waals surface area contributed by atoms with Crippen molar-refractivity contribution in [1.82, 2.24) is 4.57 Å². The highest BCUT2D eigenvalue weighted by molar-refractivity contribution is 7.07. The highest BCUT2D eigenvalue weighted by Gasteiger charge is 2.33. The van der Waals surface area contributed by atoms with Gasteiger partial charge in [-0.25, -0.2) is 9.79 Å². The molecule has 6 nitrogen and oxygen atoms in total. The van der Waals surface area contributed by atoms with Gasteiger partial charge in [0.1, 0.15) is 12.4 Å². The fourth-order valence-electron chi connectivity index (χ4n) is 5.14. The summed E-state index contributed by atoms with van der Waals surface area (Å²) in [6.07, 6.45) is 1.83. The molecule has 4 aromatic carbocycles. The number of rotatable bonds is 7. The van der Waals surface area contributed by atoms with Gasteiger partial charge in [0.25, 0.3) is 5.56 Å². The van der Waals surface area contributed by atoms with E-state index in [0.29, 0.717) is 32.2 Å². The Kier molecular flexibility index (Phi) is 7.78. The average Bonchev–Trinajstić information content (AvgIpc) is 3.30. The molecule has 0 saturated carbocycles. The maximum Gasteiger partial charge on any atom is 0.338 e. The summed E-state index contributed by atoms with van der Waals surface area (Å²) in [7, 11) is 0. The lowest BCUT2D eigenvalue weighted by Gasteiger charge is -2.24. The van der Waals surface area contributed by atoms with Gasteiger partial charge in [0.15, 0.2) is 4.80 Å². The predicted octanol–water partition coefficient (Wildman–Crippen LogP) is 6.18. The number of ether oxygens (including phenoxy) is 2. The van der Waals surface area contributed by atoms with Crippen molar-refractivity contribution >= 4 is 45.8 Å². The van der Waals surface area contributed by atoms with Gasteiger partial charge in [-0.15, -0.1) is 0 Å². The molecule has 0 saturated heterocycles. The van der Waals surface area contributed by atoms with Gasteiger partial charge in [-0.2, -0.15) is 0 Å². The lowest BCUT2D eigenvalue weighted by molar-refractivity contribution is -0.139. The van der Waals surface area contributed by atoms with Gasteiger partial charge in [-0.05, 0) is 71.7 Å². The summed E-state index contributed by atoms with van der Waals surface area (Å²) < 4.78 is 13.5. The molecule has 0 fully saturated rings. The van der Waals surface area contributed by atoms with Crippen molar-refractivity contribution in [2.24, 2.45) is 4.99 Å². The molecule has 1 aliphatic rings. The number of carbonyl (C=O) groups excluding carboxylic acids is 1. The molecule has 5 aromatic rings. The summed E-state index contributed by atoms with van der Waals surface area (Å²) in [6.45, 7) is 4.19. The van der Waals surface area contributed by atoms with Gasteiger partial charge in [0.05, 0.1) is 28.5 Å². The van der Waals surface area contributed by atoms with E-state index in [2.05, 4.69) is 29.3 Å². The van der Waals surface area contributed by atoms with E-state index in [9.17, 15) is 9.59 Å². The van der Waals surface area contributed by atoms with Gasteiger partial charge in [-0.1, -0.05) is 89.7 Å². The Morgan fingerprint density at radius 3 is 2.50 bits per heavy atom. The van der Waals surface area contributed by atoms with Crippen molar-refractivity contribution in [3.63, 3.8) is 0 Å². The van der Waals surface area contributed by atoms with Crippen molar-refractivity contribution in [3.05, 3.63) is 144 Å². The molecule has 1 unspecified atom stereocenters. The number of fused-ring (bicyclic) bond motifs is 2. The molecule has 0 amide bonds. The number of allylic oxidation sites excluding steroid dienone is 1. The maximum atomic E-state index is 13.8. The Labute approximate surface area is 251 Å². The summed E-state index contributed by atoms with van der Waals surface area (Å²) in [5.74, 6) is 0.242. The van der Waals surface area contributed by atoms with E-state index in [1.807, 2.05) is 60.7 Å². The van der Waals surface area contributed by atoms with Crippen LogP contribution >= 0.6 is 22.9 Å². The quantitative estimate of drug-likeness (QED) is 0.211. The van der Waals surface area contributed by atoms with Crippen LogP contribution in [0.15, 0.2) is 112 Å². The molecule has 2 heterocycles. The maximum absolute atomic E-state index is 13.8. The molecule has 42 heavy (non-hydrogen) atoms. The first kappa shape index (κ1) is 27.7. The van der Waals surface area contributed by atoms with Crippen LogP contribution in [0.2, 0.25) is 5.02 Å². The molecule has 0 radical (unpaired) electrons. The third-order valence-electron chi connectivity index (χ3n) is 7.15. The normalized spacial score (nSPS) is 14.9. The third kappa shape index (κ3) is 5.41. The van der Waals surface area contributed by atoms with Crippen LogP contribution in [0.5, 0.6) is 5.75 Å². The largest absolute Gasteiger partial charge is 0.489 e. The zero-order chi connectivity index (χ0) is 29.2. The second-order valence-corrected chi connectivity index (χ2v) is 11.3. The number of hydrogen-bond acceptors (Lipinski definition) is 6. The molecule has 210 valence electrons. The van der Waals surface area contributed by atoms with Crippen molar-refractivity contribution in [1.29, 1.82) is 0 Å². The Morgan fingerprint density at radius 1 is 1.00 bits per heavy atom. The van der Waals surface area contributed by atoms with Crippen LogP contribution in [0.3, 0.4) is 0 Å². The minimum Gasteiger partial charge on any atom is -0.489 e. The lowest BCUT2D eigenvalue weighted by atomic mass is 9.96. The van der Waals surface area contributed by atoms with Crippen LogP contribution in [-0.4, -0.2) is 17.1 Å². The molecular weight excluding hydrogens is 568 g/mol. The van der Waals surface area contributed by atoms with Crippen LogP contribution < -0.4 is 19.6 Å². The molecule has 1 atom stereocenters. The van der Waals surface area contributed by atoms with E-state index < -0.39 is 12.0 Å². The van der Waals surface area contributed by atoms with Gasteiger partial charge >= 0.3 is 5.97 Å². The number of esters is 1. The monoisotopic (exact) mass is 594 g/mol. The number of nitrogens with zero attached hydrogens (tertiary/aromatic N) is 2. The molecule has 1 aliphatic heterocycles. The Morgan fingerprint density at radius 2 is 1.74 bits per heavy atom. The molecule has 0 N–H and O–H groups in total. The number of aromatic nitrogens is 1. The van der Waals surface area contributed by atoms with E-state index in [1.165, 1.54) is 22.1 Å². The van der Waals surface area contributed by atoms with Gasteiger partial charge in [-0.3, -0.25) is 9.36 Å². The topological polar surface area (TPSA) is 69.9 Å². The van der Waals surface area contributed by atoms with Crippen molar-refractivity contribution in [2.75, 3.05) is 6.61 Å². The molecule has 0 bridgehead atoms. The highest BCUT2D eigenvalue weighted by atomic mass is 35.5. The minimum atomic E-state index is -0.676. The first-order chi connectivity index (χ1) is 20.4. The van der Waals surface area contributed by atoms with Gasteiger partial charge in [0.2, 0.25) is 0 Å². The molecule has 0 aliphatic carbocycles. The average molecular weight is 595 g/mol. The Balaban J connectivity index is 1.31. The number of hydrogen-bond donors (Lipinski definition) is 0. The summed E-state index contributed by atoms with van der Waals surface area (Å²) in [5.41, 5.74) is 3.34. The Bertz CT molecular complexity index is 2000. The fraction of sp³-hybridized carbons (Fsp3) is 0.147. The summed E-state index contributed by atoms with van der Waals surface area (Å²) >= 11 is 7.42. The van der Waals surface area contributed by atoms with Crippen LogP contribution in [0, 0.1) is 0 Å². The number of thiazole rings is 1. The third-order valence-corrected chi connectivity index (χ3v) is 8.39. The second kappa shape index (κ2) is 11.8. The van der Waals surface area contributed by atoms with E-state index in [0.717, 1.165) is 22.4 Å². The van der Waals surface area contributed by atoms with E-state index in [-0.39, 0.29) is 12.2 Å². The number of halogens is 1. The van der Waals surface area contributed by atoms with Crippen molar-refractivity contribution in [3.8, 4) is 5.75 Å². The summed E-state index contributed by atoms with van der Waals surface area (Å²) in [5, 5.41) is 2.91. The van der Waals surface area contributed by atoms with Crippen molar-refractivity contribution < 1.29 is 14.3 Å². The SMILES string of the molecule is CCOC(=O)C1=C(C)N=c2s/c(=C\c3ccc(OCc4cccc5ccccc45)cc3)c(=O)n2C1c1ccc(Cl)cc1. The molecular formula is C34H27ClN2O4S.